The lowest BCUT2D eigenvalue weighted by molar-refractivity contribution is 0.0467. The Kier molecular flexibility index (Phi) is 4.90. The number of aromatic nitrogens is 2. The fraction of sp³-hybridized carbons (Fsp3) is 0.0556. The summed E-state index contributed by atoms with van der Waals surface area (Å²) in [5, 5.41) is 0.511. The Balaban J connectivity index is 1.70. The summed E-state index contributed by atoms with van der Waals surface area (Å²) in [6.07, 6.45) is 2.73. The topological polar surface area (TPSA) is 61.2 Å². The van der Waals surface area contributed by atoms with E-state index in [1.54, 1.807) is 24.3 Å². The van der Waals surface area contributed by atoms with Gasteiger partial charge in [-0.05, 0) is 48.5 Å². The van der Waals surface area contributed by atoms with E-state index in [1.165, 1.54) is 41.4 Å². The minimum Gasteiger partial charge on any atom is -0.453 e. The van der Waals surface area contributed by atoms with E-state index in [0.717, 1.165) is 0 Å². The highest BCUT2D eigenvalue weighted by Gasteiger charge is 2.17. The van der Waals surface area contributed by atoms with Gasteiger partial charge in [0.05, 0.1) is 12.5 Å². The molecule has 0 bridgehead atoms. The molecule has 0 aliphatic heterocycles. The summed E-state index contributed by atoms with van der Waals surface area (Å²) in [6, 6.07) is 11.8. The predicted molar refractivity (Wildman–Crippen MR) is 89.6 cm³/mol. The van der Waals surface area contributed by atoms with Crippen LogP contribution in [-0.2, 0) is 4.74 Å². The quantitative estimate of drug-likeness (QED) is 0.515. The summed E-state index contributed by atoms with van der Waals surface area (Å²) in [6.45, 7) is -0.408. The Hall–Kier alpha value is -2.99. The number of carbonyl (C=O) groups excluding carboxylic acids is 2. The van der Waals surface area contributed by atoms with Gasteiger partial charge in [-0.3, -0.25) is 9.36 Å². The number of benzene rings is 2. The molecule has 7 heteroatoms. The molecule has 5 nitrogen and oxygen atoms in total. The highest BCUT2D eigenvalue weighted by molar-refractivity contribution is 6.30. The number of hydrogen-bond acceptors (Lipinski definition) is 4. The monoisotopic (exact) mass is 358 g/mol. The lowest BCUT2D eigenvalue weighted by atomic mass is 10.1. The first-order valence-corrected chi connectivity index (χ1v) is 7.66. The number of Topliss-reactive ketones (excluding diaryl/α,β-unsaturated/α-hetero) is 1. The molecule has 0 saturated carbocycles. The number of imidazole rings is 1. The summed E-state index contributed by atoms with van der Waals surface area (Å²) < 4.78 is 19.5. The van der Waals surface area contributed by atoms with Gasteiger partial charge in [-0.2, -0.15) is 0 Å². The van der Waals surface area contributed by atoms with Gasteiger partial charge in [0.25, 0.3) is 0 Å². The molecule has 3 rings (SSSR count). The Morgan fingerprint density at radius 3 is 2.44 bits per heavy atom. The lowest BCUT2D eigenvalue weighted by Gasteiger charge is -2.08. The van der Waals surface area contributed by atoms with Crippen molar-refractivity contribution in [3.05, 3.63) is 83.2 Å². The molecule has 0 saturated heterocycles. The number of rotatable bonds is 5. The molecule has 0 unspecified atom stereocenters. The van der Waals surface area contributed by atoms with Crippen molar-refractivity contribution < 1.29 is 18.7 Å². The number of ether oxygens (including phenoxy) is 1. The van der Waals surface area contributed by atoms with E-state index in [0.29, 0.717) is 16.3 Å². The fourth-order valence-corrected chi connectivity index (χ4v) is 2.30. The minimum absolute atomic E-state index is 0.135. The summed E-state index contributed by atoms with van der Waals surface area (Å²) in [5.41, 5.74) is 1.08. The van der Waals surface area contributed by atoms with Crippen LogP contribution >= 0.6 is 11.6 Å². The van der Waals surface area contributed by atoms with Crippen molar-refractivity contribution in [1.82, 2.24) is 9.55 Å². The molecule has 0 amide bonds. The van der Waals surface area contributed by atoms with Crippen molar-refractivity contribution >= 4 is 23.4 Å². The molecule has 1 aromatic heterocycles. The van der Waals surface area contributed by atoms with Crippen LogP contribution in [0.25, 0.3) is 5.69 Å². The third-order valence-corrected chi connectivity index (χ3v) is 3.70. The van der Waals surface area contributed by atoms with E-state index in [4.69, 9.17) is 16.3 Å². The van der Waals surface area contributed by atoms with Crippen LogP contribution in [0.5, 0.6) is 0 Å². The standard InChI is InChI=1S/C18H12ClFN2O3/c19-13-3-1-12(2-4-13)17(23)10-25-18(24)16-9-21-11-22(16)15-7-5-14(20)6-8-15/h1-9,11H,10H2. The van der Waals surface area contributed by atoms with Crippen molar-refractivity contribution in [2.24, 2.45) is 0 Å². The van der Waals surface area contributed by atoms with Gasteiger partial charge in [-0.15, -0.1) is 0 Å². The van der Waals surface area contributed by atoms with E-state index in [-0.39, 0.29) is 17.3 Å². The normalized spacial score (nSPS) is 10.5. The molecule has 0 spiro atoms. The van der Waals surface area contributed by atoms with Crippen molar-refractivity contribution in [2.45, 2.75) is 0 Å². The minimum atomic E-state index is -0.705. The zero-order valence-corrected chi connectivity index (χ0v) is 13.6. The van der Waals surface area contributed by atoms with E-state index < -0.39 is 12.6 Å². The third kappa shape index (κ3) is 3.92. The summed E-state index contributed by atoms with van der Waals surface area (Å²) >= 11 is 5.77. The predicted octanol–water partition coefficient (Wildman–Crippen LogP) is 3.70. The highest BCUT2D eigenvalue weighted by atomic mass is 35.5. The van der Waals surface area contributed by atoms with E-state index in [2.05, 4.69) is 4.98 Å². The van der Waals surface area contributed by atoms with Crippen molar-refractivity contribution in [1.29, 1.82) is 0 Å². The van der Waals surface area contributed by atoms with Crippen LogP contribution < -0.4 is 0 Å². The van der Waals surface area contributed by atoms with Gasteiger partial charge in [-0.25, -0.2) is 14.2 Å². The number of esters is 1. The van der Waals surface area contributed by atoms with Crippen LogP contribution in [0.1, 0.15) is 20.8 Å². The smallest absolute Gasteiger partial charge is 0.357 e. The Labute approximate surface area is 147 Å². The number of nitrogens with zero attached hydrogens (tertiary/aromatic N) is 2. The third-order valence-electron chi connectivity index (χ3n) is 3.45. The first-order valence-electron chi connectivity index (χ1n) is 7.29. The molecule has 126 valence electrons. The maximum absolute atomic E-state index is 13.0. The van der Waals surface area contributed by atoms with Gasteiger partial charge in [0.15, 0.2) is 18.1 Å². The molecule has 0 radical (unpaired) electrons. The van der Waals surface area contributed by atoms with Gasteiger partial charge < -0.3 is 4.74 Å². The molecule has 2 aromatic carbocycles. The van der Waals surface area contributed by atoms with Crippen LogP contribution in [0.3, 0.4) is 0 Å². The van der Waals surface area contributed by atoms with Crippen molar-refractivity contribution in [3.8, 4) is 5.69 Å². The number of halogens is 2. The van der Waals surface area contributed by atoms with Crippen LogP contribution in [-0.4, -0.2) is 27.9 Å². The zero-order chi connectivity index (χ0) is 17.8. The van der Waals surface area contributed by atoms with E-state index in [9.17, 15) is 14.0 Å². The first-order chi connectivity index (χ1) is 12.0. The first kappa shape index (κ1) is 16.9. The largest absolute Gasteiger partial charge is 0.453 e. The van der Waals surface area contributed by atoms with Gasteiger partial charge in [0.1, 0.15) is 5.82 Å². The average Bonchev–Trinajstić information content (AvgIpc) is 3.10. The molecule has 0 fully saturated rings. The second kappa shape index (κ2) is 7.27. The maximum Gasteiger partial charge on any atom is 0.357 e. The van der Waals surface area contributed by atoms with Gasteiger partial charge in [-0.1, -0.05) is 11.6 Å². The van der Waals surface area contributed by atoms with E-state index in [1.807, 2.05) is 0 Å². The molecule has 25 heavy (non-hydrogen) atoms. The van der Waals surface area contributed by atoms with Crippen molar-refractivity contribution in [3.63, 3.8) is 0 Å². The molecule has 0 aliphatic rings. The Morgan fingerprint density at radius 2 is 1.76 bits per heavy atom. The molecule has 3 aromatic rings. The Morgan fingerprint density at radius 1 is 1.08 bits per heavy atom. The second-order valence-electron chi connectivity index (χ2n) is 5.13. The Bertz CT molecular complexity index is 905. The maximum atomic E-state index is 13.0. The second-order valence-corrected chi connectivity index (χ2v) is 5.57. The average molecular weight is 359 g/mol. The van der Waals surface area contributed by atoms with E-state index >= 15 is 0 Å². The molecule has 1 heterocycles. The molecular weight excluding hydrogens is 347 g/mol. The molecule has 0 N–H and O–H groups in total. The SMILES string of the molecule is O=C(COC(=O)c1cncn1-c1ccc(F)cc1)c1ccc(Cl)cc1. The lowest BCUT2D eigenvalue weighted by Crippen LogP contribution is -2.16. The van der Waals surface area contributed by atoms with Crippen LogP contribution in [0.15, 0.2) is 61.1 Å². The van der Waals surface area contributed by atoms with Crippen LogP contribution in [0, 0.1) is 5.82 Å². The van der Waals surface area contributed by atoms with Crippen LogP contribution in [0.4, 0.5) is 4.39 Å². The molecule has 0 atom stereocenters. The molecular formula is C18H12ClFN2O3. The molecule has 0 aliphatic carbocycles. The number of carbonyl (C=O) groups is 2. The number of hydrogen-bond donors (Lipinski definition) is 0. The van der Waals surface area contributed by atoms with Gasteiger partial charge in [0, 0.05) is 16.3 Å². The summed E-state index contributed by atoms with van der Waals surface area (Å²) in [7, 11) is 0. The zero-order valence-electron chi connectivity index (χ0n) is 12.9. The summed E-state index contributed by atoms with van der Waals surface area (Å²) in [4.78, 5) is 28.2. The van der Waals surface area contributed by atoms with Crippen LogP contribution in [0.2, 0.25) is 5.02 Å². The highest BCUT2D eigenvalue weighted by Crippen LogP contribution is 2.14. The number of ketones is 1. The fourth-order valence-electron chi connectivity index (χ4n) is 2.18. The van der Waals surface area contributed by atoms with Crippen molar-refractivity contribution in [2.75, 3.05) is 6.61 Å². The van der Waals surface area contributed by atoms with Gasteiger partial charge in [0.2, 0.25) is 0 Å². The summed E-state index contributed by atoms with van der Waals surface area (Å²) in [5.74, 6) is -1.44. The van der Waals surface area contributed by atoms with Gasteiger partial charge >= 0.3 is 5.97 Å².